The van der Waals surface area contributed by atoms with Crippen molar-refractivity contribution in [2.45, 2.75) is 5.41 Å². The molecular formula is C49H34N2. The average Bonchev–Trinajstić information content (AvgIpc) is 3.82. The average molecular weight is 659 g/mol. The van der Waals surface area contributed by atoms with Gasteiger partial charge in [-0.3, -0.25) is 0 Å². The minimum absolute atomic E-state index is 0.0519. The molecular weight excluding hydrogens is 617 g/mol. The highest BCUT2D eigenvalue weighted by Crippen LogP contribution is 2.46. The molecule has 8 aromatic carbocycles. The smallest absolute Gasteiger partial charge is 0.0702 e. The molecule has 240 valence electrons. The van der Waals surface area contributed by atoms with E-state index in [4.69, 9.17) is 11.0 Å². The second-order valence-corrected chi connectivity index (χ2v) is 12.7. The molecule has 2 heterocycles. The number of nitrogens with zero attached hydrogens (tertiary/aromatic N) is 2. The first-order chi connectivity index (χ1) is 28.6. The molecule has 0 spiro atoms. The maximum atomic E-state index is 9.03. The standard InChI is InChI=1S/C49H34N2/c1-4-17-35(18-5-1)49(36-19-6-2-7-20-36,37-21-8-3-9-22-37)38-23-16-24-39(33-38)50-47-30-15-12-27-43(47)44-34-40(31-32-48(44)50)51-45-28-13-10-25-41(45)42-26-11-14-29-46(42)51/h1-34H/i10D,11D,13D,14D,25D,26D,28D,29D. The number of para-hydroxylation sites is 3. The predicted octanol–water partition coefficient (Wildman–Crippen LogP) is 12.3. The SMILES string of the molecule is [2H]c1c([2H])c([2H])c2c(c1[2H])c1c([2H])c([2H])c([2H])c([2H])c1n2-c1ccc2c(c1)c1ccccc1n2-c1cccc(C(c2ccccc2)(c2ccccc2)c2ccccc2)c1. The predicted molar refractivity (Wildman–Crippen MR) is 213 cm³/mol. The molecule has 0 unspecified atom stereocenters. The van der Waals surface area contributed by atoms with E-state index in [2.05, 4.69) is 108 Å². The summed E-state index contributed by atoms with van der Waals surface area (Å²) in [4.78, 5) is 0. The van der Waals surface area contributed by atoms with Crippen LogP contribution in [0.5, 0.6) is 0 Å². The number of hydrogen-bond donors (Lipinski definition) is 0. The third-order valence-electron chi connectivity index (χ3n) is 10.1. The molecule has 51 heavy (non-hydrogen) atoms. The Morgan fingerprint density at radius 3 is 1.41 bits per heavy atom. The molecule has 2 heteroatoms. The van der Waals surface area contributed by atoms with Gasteiger partial charge < -0.3 is 9.13 Å². The molecule has 0 N–H and O–H groups in total. The van der Waals surface area contributed by atoms with Crippen LogP contribution >= 0.6 is 0 Å². The van der Waals surface area contributed by atoms with Crippen molar-refractivity contribution < 1.29 is 11.0 Å². The van der Waals surface area contributed by atoms with Crippen molar-refractivity contribution >= 4 is 43.6 Å². The summed E-state index contributed by atoms with van der Waals surface area (Å²) in [6.07, 6.45) is 0. The maximum absolute atomic E-state index is 9.03. The van der Waals surface area contributed by atoms with E-state index in [1.54, 1.807) is 4.57 Å². The molecule has 10 rings (SSSR count). The highest BCUT2D eigenvalue weighted by Gasteiger charge is 2.38. The lowest BCUT2D eigenvalue weighted by atomic mass is 9.65. The lowest BCUT2D eigenvalue weighted by Gasteiger charge is -2.37. The molecule has 10 aromatic rings. The van der Waals surface area contributed by atoms with Crippen molar-refractivity contribution in [1.29, 1.82) is 0 Å². The monoisotopic (exact) mass is 658 g/mol. The lowest BCUT2D eigenvalue weighted by molar-refractivity contribution is 0.744. The first-order valence-corrected chi connectivity index (χ1v) is 17.0. The Hall–Kier alpha value is -6.64. The Labute approximate surface area is 308 Å². The third-order valence-corrected chi connectivity index (χ3v) is 10.1. The van der Waals surface area contributed by atoms with Crippen molar-refractivity contribution in [3.63, 3.8) is 0 Å². The van der Waals surface area contributed by atoms with Gasteiger partial charge in [0, 0.05) is 32.9 Å². The van der Waals surface area contributed by atoms with Crippen LogP contribution in [0.3, 0.4) is 0 Å². The summed E-state index contributed by atoms with van der Waals surface area (Å²) in [6, 6.07) is 51.1. The summed E-state index contributed by atoms with van der Waals surface area (Å²) in [7, 11) is 0. The second kappa shape index (κ2) is 11.8. The summed E-state index contributed by atoms with van der Waals surface area (Å²) in [5.74, 6) is 0. The third kappa shape index (κ3) is 4.43. The summed E-state index contributed by atoms with van der Waals surface area (Å²) in [5, 5.41) is 1.91. The van der Waals surface area contributed by atoms with E-state index in [1.807, 2.05) is 54.6 Å². The fourth-order valence-electron chi connectivity index (χ4n) is 8.00. The number of hydrogen-bond acceptors (Lipinski definition) is 0. The van der Waals surface area contributed by atoms with Gasteiger partial charge in [-0.1, -0.05) is 158 Å². The fourth-order valence-corrected chi connectivity index (χ4v) is 8.00. The van der Waals surface area contributed by atoms with E-state index >= 15 is 0 Å². The number of fused-ring (bicyclic) bond motifs is 6. The van der Waals surface area contributed by atoms with Crippen LogP contribution in [-0.4, -0.2) is 9.13 Å². The molecule has 2 aromatic heterocycles. The van der Waals surface area contributed by atoms with Gasteiger partial charge in [0.15, 0.2) is 0 Å². The molecule has 0 saturated carbocycles. The minimum atomic E-state index is -0.664. The highest BCUT2D eigenvalue weighted by molar-refractivity contribution is 6.12. The summed E-state index contributed by atoms with van der Waals surface area (Å²) in [6.45, 7) is 0. The van der Waals surface area contributed by atoms with Gasteiger partial charge in [0.2, 0.25) is 0 Å². The Morgan fingerprint density at radius 1 is 0.333 bits per heavy atom. The first kappa shape index (κ1) is 22.2. The largest absolute Gasteiger partial charge is 0.309 e. The summed E-state index contributed by atoms with van der Waals surface area (Å²) < 4.78 is 73.7. The number of aromatic nitrogens is 2. The van der Waals surface area contributed by atoms with E-state index in [1.165, 1.54) is 0 Å². The van der Waals surface area contributed by atoms with Gasteiger partial charge >= 0.3 is 0 Å². The molecule has 0 saturated heterocycles. The molecule has 0 fully saturated rings. The molecule has 0 amide bonds. The fraction of sp³-hybridized carbons (Fsp3) is 0.0204. The van der Waals surface area contributed by atoms with Crippen molar-refractivity contribution in [2.75, 3.05) is 0 Å². The van der Waals surface area contributed by atoms with E-state index < -0.39 is 29.6 Å². The minimum Gasteiger partial charge on any atom is -0.309 e. The molecule has 0 radical (unpaired) electrons. The zero-order chi connectivity index (χ0) is 40.7. The van der Waals surface area contributed by atoms with Crippen LogP contribution in [0.1, 0.15) is 33.2 Å². The summed E-state index contributed by atoms with van der Waals surface area (Å²) >= 11 is 0. The van der Waals surface area contributed by atoms with Gasteiger partial charge in [0.25, 0.3) is 0 Å². The molecule has 2 nitrogen and oxygen atoms in total. The van der Waals surface area contributed by atoms with E-state index in [0.29, 0.717) is 5.69 Å². The molecule has 0 aliphatic rings. The van der Waals surface area contributed by atoms with Gasteiger partial charge in [-0.05, 0) is 70.7 Å². The van der Waals surface area contributed by atoms with Gasteiger partial charge in [0.1, 0.15) is 0 Å². The van der Waals surface area contributed by atoms with Gasteiger partial charge in [0.05, 0.1) is 38.4 Å². The van der Waals surface area contributed by atoms with E-state index in [-0.39, 0.29) is 46.0 Å². The molecule has 0 aliphatic heterocycles. The van der Waals surface area contributed by atoms with Gasteiger partial charge in [-0.15, -0.1) is 0 Å². The van der Waals surface area contributed by atoms with E-state index in [0.717, 1.165) is 49.7 Å². The number of rotatable bonds is 6. The van der Waals surface area contributed by atoms with Crippen LogP contribution in [0, 0.1) is 0 Å². The van der Waals surface area contributed by atoms with Crippen LogP contribution in [0.25, 0.3) is 55.0 Å². The van der Waals surface area contributed by atoms with Crippen LogP contribution in [0.15, 0.2) is 206 Å². The lowest BCUT2D eigenvalue weighted by Crippen LogP contribution is -2.31. The van der Waals surface area contributed by atoms with Crippen LogP contribution in [-0.2, 0) is 5.41 Å². The first-order valence-electron chi connectivity index (χ1n) is 21.0. The Morgan fingerprint density at radius 2 is 0.804 bits per heavy atom. The zero-order valence-electron chi connectivity index (χ0n) is 35.4. The highest BCUT2D eigenvalue weighted by atomic mass is 15.0. The van der Waals surface area contributed by atoms with Crippen molar-refractivity contribution in [1.82, 2.24) is 9.13 Å². The Kier molecular flexibility index (Phi) is 5.11. The second-order valence-electron chi connectivity index (χ2n) is 12.7. The topological polar surface area (TPSA) is 9.86 Å². The quantitative estimate of drug-likeness (QED) is 0.157. The number of benzene rings is 8. The molecule has 0 atom stereocenters. The van der Waals surface area contributed by atoms with E-state index in [9.17, 15) is 0 Å². The van der Waals surface area contributed by atoms with Gasteiger partial charge in [-0.25, -0.2) is 0 Å². The molecule has 0 bridgehead atoms. The van der Waals surface area contributed by atoms with Crippen LogP contribution < -0.4 is 0 Å². The van der Waals surface area contributed by atoms with Gasteiger partial charge in [-0.2, -0.15) is 0 Å². The van der Waals surface area contributed by atoms with Crippen LogP contribution in [0.4, 0.5) is 0 Å². The Balaban J connectivity index is 1.27. The Bertz CT molecular complexity index is 3130. The molecule has 0 aliphatic carbocycles. The zero-order valence-corrected chi connectivity index (χ0v) is 27.4. The summed E-state index contributed by atoms with van der Waals surface area (Å²) in [5.41, 5.74) is 7.26. The maximum Gasteiger partial charge on any atom is 0.0702 e. The van der Waals surface area contributed by atoms with Crippen molar-refractivity contribution in [3.05, 3.63) is 228 Å². The van der Waals surface area contributed by atoms with Crippen molar-refractivity contribution in [3.8, 4) is 11.4 Å². The van der Waals surface area contributed by atoms with Crippen molar-refractivity contribution in [2.24, 2.45) is 0 Å². The van der Waals surface area contributed by atoms with Crippen LogP contribution in [0.2, 0.25) is 0 Å². The normalized spacial score (nSPS) is 14.1.